The van der Waals surface area contributed by atoms with Gasteiger partial charge in [0.2, 0.25) is 0 Å². The molecule has 84 heavy (non-hydrogen) atoms. The molecule has 0 spiro atoms. The molecule has 2 saturated heterocycles. The van der Waals surface area contributed by atoms with Gasteiger partial charge < -0.3 is 52.4 Å². The van der Waals surface area contributed by atoms with Crippen LogP contribution in [0.15, 0.2) is 225 Å². The van der Waals surface area contributed by atoms with Gasteiger partial charge in [0.25, 0.3) is 18.0 Å². The third-order valence-electron chi connectivity index (χ3n) is 14.8. The number of hydrogen-bond acceptors (Lipinski definition) is 11. The average molecular weight is 1220 g/mol. The zero-order chi connectivity index (χ0) is 58.8. The molecule has 0 aliphatic carbocycles. The van der Waals surface area contributed by atoms with E-state index in [1.54, 1.807) is 6.08 Å². The standard InChI is InChI=1S/C68H74Cl3NO11Si/c1-5-41-76-62-59(77-44-51-31-17-8-18-32-51)56(47-74-42-49-27-13-6-14-28-49)81-65(63(62)79-46-53-35-21-10-22-36-53)82-60-57(48-75-43-50-29-15-7-16-30-50)80-64(58(72-66(73)68(69,70)71)61(60)78-45-52-33-19-9-20-34-52)83-84(67(2,3)4,54-37-23-11-24-38-54)55-39-25-12-26-40-55/h5-40,56-65H,1,41-48H2,2-4H3,(H,72,73)/t56-,57-,58-,59+,60-,61-,62+,63-,64+,65+/m1/s1. The van der Waals surface area contributed by atoms with Crippen molar-refractivity contribution in [2.45, 2.75) is 124 Å². The summed E-state index contributed by atoms with van der Waals surface area (Å²) in [6.45, 7) is 11.5. The van der Waals surface area contributed by atoms with Crippen LogP contribution < -0.4 is 15.7 Å². The molecule has 2 aliphatic heterocycles. The van der Waals surface area contributed by atoms with Crippen molar-refractivity contribution in [3.8, 4) is 0 Å². The zero-order valence-electron chi connectivity index (χ0n) is 47.5. The molecule has 2 fully saturated rings. The number of hydrogen-bond donors (Lipinski definition) is 1. The van der Waals surface area contributed by atoms with E-state index in [1.807, 2.05) is 188 Å². The minimum atomic E-state index is -3.54. The molecule has 0 aromatic heterocycles. The van der Waals surface area contributed by atoms with E-state index in [0.29, 0.717) is 0 Å². The van der Waals surface area contributed by atoms with Crippen molar-refractivity contribution in [1.29, 1.82) is 0 Å². The molecule has 1 amide bonds. The summed E-state index contributed by atoms with van der Waals surface area (Å²) in [6.07, 6.45) is -7.67. The lowest BCUT2D eigenvalue weighted by Gasteiger charge is -2.53. The first-order valence-electron chi connectivity index (χ1n) is 28.4. The quantitative estimate of drug-likeness (QED) is 0.0301. The fraction of sp³-hybridized carbons (Fsp3) is 0.338. The first-order valence-corrected chi connectivity index (χ1v) is 31.4. The maximum atomic E-state index is 14.5. The lowest BCUT2D eigenvalue weighted by molar-refractivity contribution is -0.361. The maximum Gasteiger partial charge on any atom is 0.272 e. The fourth-order valence-corrected chi connectivity index (χ4v) is 15.5. The lowest BCUT2D eigenvalue weighted by atomic mass is 9.94. The van der Waals surface area contributed by atoms with Gasteiger partial charge in [0.05, 0.1) is 52.9 Å². The topological polar surface area (TPSA) is 121 Å². The number of halogens is 3. The van der Waals surface area contributed by atoms with Crippen molar-refractivity contribution in [3.63, 3.8) is 0 Å². The van der Waals surface area contributed by atoms with E-state index in [2.05, 4.69) is 56.9 Å². The number of rotatable bonds is 27. The van der Waals surface area contributed by atoms with Gasteiger partial charge in [-0.25, -0.2) is 0 Å². The number of ether oxygens (including phenoxy) is 9. The van der Waals surface area contributed by atoms with Crippen LogP contribution in [0.1, 0.15) is 48.6 Å². The Morgan fingerprint density at radius 3 is 1.26 bits per heavy atom. The van der Waals surface area contributed by atoms with Gasteiger partial charge in [0, 0.05) is 0 Å². The van der Waals surface area contributed by atoms with E-state index in [1.165, 1.54) is 0 Å². The van der Waals surface area contributed by atoms with Crippen LogP contribution in [0.3, 0.4) is 0 Å². The first kappa shape index (κ1) is 63.0. The second kappa shape index (κ2) is 30.7. The normalized spacial score (nSPS) is 22.9. The summed E-state index contributed by atoms with van der Waals surface area (Å²) in [5.41, 5.74) is 4.57. The summed E-state index contributed by atoms with van der Waals surface area (Å²) in [7, 11) is -3.54. The average Bonchev–Trinajstić information content (AvgIpc) is 3.18. The van der Waals surface area contributed by atoms with Crippen LogP contribution in [-0.4, -0.2) is 99.2 Å². The number of alkyl halides is 3. The summed E-state index contributed by atoms with van der Waals surface area (Å²) >= 11 is 19.6. The van der Waals surface area contributed by atoms with Crippen LogP contribution >= 0.6 is 34.8 Å². The molecule has 16 heteroatoms. The van der Waals surface area contributed by atoms with Crippen molar-refractivity contribution in [2.75, 3.05) is 19.8 Å². The third-order valence-corrected chi connectivity index (χ3v) is 20.3. The minimum Gasteiger partial charge on any atom is -0.381 e. The Kier molecular flexibility index (Phi) is 23.0. The molecule has 12 nitrogen and oxygen atoms in total. The van der Waals surface area contributed by atoms with Crippen LogP contribution in [0.2, 0.25) is 5.04 Å². The zero-order valence-corrected chi connectivity index (χ0v) is 50.8. The van der Waals surface area contributed by atoms with Gasteiger partial charge >= 0.3 is 0 Å². The molecule has 0 saturated carbocycles. The van der Waals surface area contributed by atoms with Crippen LogP contribution in [0, 0.1) is 0 Å². The highest BCUT2D eigenvalue weighted by Gasteiger charge is 2.59. The van der Waals surface area contributed by atoms with Gasteiger partial charge in [-0.15, -0.1) is 6.58 Å². The Morgan fingerprint density at radius 2 is 0.857 bits per heavy atom. The number of benzene rings is 7. The van der Waals surface area contributed by atoms with Gasteiger partial charge in [-0.3, -0.25) is 4.79 Å². The Labute approximate surface area is 510 Å². The first-order chi connectivity index (χ1) is 40.8. The van der Waals surface area contributed by atoms with E-state index in [-0.39, 0.29) is 52.9 Å². The molecule has 10 atom stereocenters. The Hall–Kier alpha value is -5.56. The smallest absolute Gasteiger partial charge is 0.272 e. The fourth-order valence-electron chi connectivity index (χ4n) is 10.8. The second-order valence-electron chi connectivity index (χ2n) is 21.8. The number of carbonyl (C=O) groups excluding carboxylic acids is 1. The van der Waals surface area contributed by atoms with Crippen molar-refractivity contribution >= 4 is 59.4 Å². The highest BCUT2D eigenvalue weighted by Crippen LogP contribution is 2.42. The molecule has 0 radical (unpaired) electrons. The van der Waals surface area contributed by atoms with Gasteiger partial charge in [0.1, 0.15) is 48.8 Å². The van der Waals surface area contributed by atoms with Crippen molar-refractivity contribution in [1.82, 2.24) is 5.32 Å². The summed E-state index contributed by atoms with van der Waals surface area (Å²) in [5.74, 6) is -0.937. The Morgan fingerprint density at radius 1 is 0.488 bits per heavy atom. The summed E-state index contributed by atoms with van der Waals surface area (Å²) in [5, 5.41) is 4.43. The molecule has 2 aliphatic rings. The monoisotopic (exact) mass is 1210 g/mol. The van der Waals surface area contributed by atoms with Crippen LogP contribution in [0.5, 0.6) is 0 Å². The van der Waals surface area contributed by atoms with E-state index in [9.17, 15) is 4.79 Å². The number of carbonyl (C=O) groups is 1. The van der Waals surface area contributed by atoms with Crippen LogP contribution in [-0.2, 0) is 84.9 Å². The second-order valence-corrected chi connectivity index (χ2v) is 28.4. The Balaban J connectivity index is 1.19. The summed E-state index contributed by atoms with van der Waals surface area (Å²) < 4.78 is 69.0. The van der Waals surface area contributed by atoms with Gasteiger partial charge in [-0.05, 0) is 43.2 Å². The van der Waals surface area contributed by atoms with Gasteiger partial charge in [-0.1, -0.05) is 274 Å². The molecular weight excluding hydrogens is 1140 g/mol. The molecule has 2 heterocycles. The van der Waals surface area contributed by atoms with E-state index >= 15 is 0 Å². The van der Waals surface area contributed by atoms with Crippen LogP contribution in [0.4, 0.5) is 0 Å². The highest BCUT2D eigenvalue weighted by atomic mass is 35.6. The molecule has 7 aromatic rings. The number of amides is 1. The van der Waals surface area contributed by atoms with Gasteiger partial charge in [-0.2, -0.15) is 0 Å². The summed E-state index contributed by atoms with van der Waals surface area (Å²) in [4.78, 5) is 14.5. The maximum absolute atomic E-state index is 14.5. The molecular formula is C68H74Cl3NO11Si. The minimum absolute atomic E-state index is 0.0465. The largest absolute Gasteiger partial charge is 0.381 e. The van der Waals surface area contributed by atoms with E-state index < -0.39 is 84.4 Å². The predicted molar refractivity (Wildman–Crippen MR) is 330 cm³/mol. The number of nitrogens with one attached hydrogen (secondary N) is 1. The van der Waals surface area contributed by atoms with E-state index in [4.69, 9.17) is 81.9 Å². The molecule has 1 N–H and O–H groups in total. The van der Waals surface area contributed by atoms with Gasteiger partial charge in [0.15, 0.2) is 12.6 Å². The summed E-state index contributed by atoms with van der Waals surface area (Å²) in [6, 6.07) is 68.2. The van der Waals surface area contributed by atoms with Crippen molar-refractivity contribution < 1.29 is 51.9 Å². The van der Waals surface area contributed by atoms with E-state index in [0.717, 1.165) is 38.2 Å². The van der Waals surface area contributed by atoms with Crippen molar-refractivity contribution in [3.05, 3.63) is 253 Å². The Bertz CT molecular complexity index is 3000. The molecule has 442 valence electrons. The SMILES string of the molecule is C=CCO[C@H]1[C@@H](OCc2ccccc2)[C@@H](COCc2ccccc2)O[C@@H](O[C@H]2[C@H](OCc3ccccc3)[C@@H](NC(=O)C(Cl)(Cl)Cl)[C@H](O[Si](c3ccccc3)(c3ccccc3)C(C)(C)C)O[C@@H]2COCc2ccccc2)[C@@H]1OCc1ccccc1. The molecule has 7 aromatic carbocycles. The lowest BCUT2D eigenvalue weighted by Crippen LogP contribution is -2.74. The third kappa shape index (κ3) is 16.7. The molecule has 9 rings (SSSR count). The highest BCUT2D eigenvalue weighted by molar-refractivity contribution is 6.99. The molecule has 0 bridgehead atoms. The molecule has 0 unspecified atom stereocenters. The van der Waals surface area contributed by atoms with Crippen LogP contribution in [0.25, 0.3) is 0 Å². The predicted octanol–water partition coefficient (Wildman–Crippen LogP) is 12.0. The van der Waals surface area contributed by atoms with Crippen molar-refractivity contribution in [2.24, 2.45) is 0 Å².